The van der Waals surface area contributed by atoms with E-state index < -0.39 is 54.6 Å². The second kappa shape index (κ2) is 10.8. The highest BCUT2D eigenvalue weighted by atomic mass is 31.3. The first kappa shape index (κ1) is 28.6. The Balaban J connectivity index is 1.70. The van der Waals surface area contributed by atoms with Crippen molar-refractivity contribution in [2.45, 2.75) is 24.5 Å². The summed E-state index contributed by atoms with van der Waals surface area (Å²) in [4.78, 5) is 49.6. The van der Waals surface area contributed by atoms with Crippen LogP contribution in [-0.4, -0.2) is 90.7 Å². The highest BCUT2D eigenvalue weighted by Gasteiger charge is 2.50. The minimum absolute atomic E-state index is 0.00376. The van der Waals surface area contributed by atoms with Gasteiger partial charge in [0, 0.05) is 18.0 Å². The summed E-state index contributed by atoms with van der Waals surface area (Å²) < 4.78 is 51.3. The molecule has 0 bridgehead atoms. The molecule has 0 saturated carbocycles. The number of aromatic nitrogens is 2. The summed E-state index contributed by atoms with van der Waals surface area (Å²) in [6, 6.07) is 0. The zero-order chi connectivity index (χ0) is 26.9. The first-order valence-corrected chi connectivity index (χ1v) is 14.1. The largest absolute Gasteiger partial charge is 0.490 e. The number of hydrogen-bond donors (Lipinski definition) is 7. The van der Waals surface area contributed by atoms with Crippen LogP contribution in [0.2, 0.25) is 0 Å². The van der Waals surface area contributed by atoms with Gasteiger partial charge in [0.2, 0.25) is 0 Å². The molecule has 6 atom stereocenters. The summed E-state index contributed by atoms with van der Waals surface area (Å²) >= 11 is 0. The second-order valence-corrected chi connectivity index (χ2v) is 11.6. The molecule has 0 aromatic carbocycles. The van der Waals surface area contributed by atoms with Gasteiger partial charge in [-0.3, -0.25) is 4.52 Å². The number of ether oxygens (including phenoxy) is 1. The van der Waals surface area contributed by atoms with E-state index in [1.807, 2.05) is 0 Å². The van der Waals surface area contributed by atoms with Gasteiger partial charge in [0.15, 0.2) is 17.9 Å². The summed E-state index contributed by atoms with van der Waals surface area (Å²) in [6.45, 7) is -0.745. The lowest BCUT2D eigenvalue weighted by Crippen LogP contribution is -2.46. The minimum atomic E-state index is -5.74. The highest BCUT2D eigenvalue weighted by Crippen LogP contribution is 2.66. The number of azide groups is 1. The van der Waals surface area contributed by atoms with Crippen molar-refractivity contribution in [2.75, 3.05) is 41.9 Å². The van der Waals surface area contributed by atoms with Crippen LogP contribution in [0.25, 0.3) is 10.4 Å². The van der Waals surface area contributed by atoms with Crippen LogP contribution < -0.4 is 15.5 Å². The third-order valence-electron chi connectivity index (χ3n) is 4.74. The van der Waals surface area contributed by atoms with Gasteiger partial charge >= 0.3 is 23.5 Å². The summed E-state index contributed by atoms with van der Waals surface area (Å²) in [5.74, 6) is 0.272. The molecule has 24 heteroatoms. The third kappa shape index (κ3) is 6.89. The van der Waals surface area contributed by atoms with Crippen LogP contribution in [0.4, 0.5) is 17.3 Å². The number of nitrogen functional groups attached to an aromatic ring is 1. The lowest BCUT2D eigenvalue weighted by molar-refractivity contribution is -0.0217. The molecule has 0 spiro atoms. The molecule has 2 aliphatic heterocycles. The first-order chi connectivity index (χ1) is 16.6. The van der Waals surface area contributed by atoms with Crippen molar-refractivity contribution in [1.29, 1.82) is 0 Å². The van der Waals surface area contributed by atoms with Crippen molar-refractivity contribution in [3.63, 3.8) is 0 Å². The second-order valence-electron chi connectivity index (χ2n) is 7.19. The van der Waals surface area contributed by atoms with Crippen LogP contribution in [0.5, 0.6) is 0 Å². The Morgan fingerprint density at radius 2 is 1.86 bits per heavy atom. The van der Waals surface area contributed by atoms with Crippen LogP contribution in [0.1, 0.15) is 0 Å². The topological polar surface area (TPSA) is 317 Å². The smallest absolute Gasteiger partial charge is 0.387 e. The lowest BCUT2D eigenvalue weighted by atomic mass is 10.1. The maximum Gasteiger partial charge on any atom is 0.490 e. The number of aliphatic hydroxyl groups excluding tert-OH is 2. The van der Waals surface area contributed by atoms with Gasteiger partial charge in [-0.05, 0) is 5.53 Å². The number of hydrogen-bond acceptors (Lipinski definition) is 15. The maximum absolute atomic E-state index is 11.9. The molecule has 36 heavy (non-hydrogen) atoms. The van der Waals surface area contributed by atoms with E-state index in [1.165, 1.54) is 4.90 Å². The average Bonchev–Trinajstić information content (AvgIpc) is 3.23. The van der Waals surface area contributed by atoms with Gasteiger partial charge in [-0.15, -0.1) is 0 Å². The van der Waals surface area contributed by atoms with Gasteiger partial charge in [0.25, 0.3) is 0 Å². The van der Waals surface area contributed by atoms with Crippen molar-refractivity contribution < 1.29 is 61.4 Å². The molecule has 0 aliphatic carbocycles. The van der Waals surface area contributed by atoms with Crippen molar-refractivity contribution in [1.82, 2.24) is 9.97 Å². The number of phosphoric ester groups is 1. The van der Waals surface area contributed by atoms with E-state index in [0.717, 1.165) is 6.33 Å². The van der Waals surface area contributed by atoms with Crippen molar-refractivity contribution in [3.05, 3.63) is 16.8 Å². The molecule has 2 aliphatic rings. The Hall–Kier alpha value is -1.92. The Labute approximate surface area is 201 Å². The van der Waals surface area contributed by atoms with Gasteiger partial charge in [-0.25, -0.2) is 23.7 Å². The fourth-order valence-corrected chi connectivity index (χ4v) is 6.44. The maximum atomic E-state index is 11.9. The summed E-state index contributed by atoms with van der Waals surface area (Å²) in [5, 5.41) is 24.3. The molecule has 1 aromatic rings. The number of fused-ring (bicyclic) bond motifs is 1. The highest BCUT2D eigenvalue weighted by molar-refractivity contribution is 7.66. The molecular formula is C12H21N8O13P3. The van der Waals surface area contributed by atoms with Crippen LogP contribution >= 0.6 is 23.5 Å². The number of phosphoric acid groups is 3. The van der Waals surface area contributed by atoms with Crippen molar-refractivity contribution in [2.24, 2.45) is 5.11 Å². The lowest BCUT2D eigenvalue weighted by Gasteiger charge is -2.28. The standard InChI is InChI=1S/C12H21N8O13P3/c13-10-7-11(16-4-15-10)20(5-19(7)2-1-17-18-14)12-9(22)8(21)6(31-12)3-30-35(26,27)33-36(28,29)32-34(23,24)25/h4,6,8-9,12,21-22H,1-3,5H2,(H,26,27)(H,28,29)(H2,13,15,16)(H2,23,24,25)/t6-,8-,9-,12-/m1/s1. The molecule has 1 fully saturated rings. The van der Waals surface area contributed by atoms with Crippen LogP contribution in [0.15, 0.2) is 11.4 Å². The van der Waals surface area contributed by atoms with E-state index in [9.17, 15) is 33.7 Å². The summed E-state index contributed by atoms with van der Waals surface area (Å²) in [7, 11) is -16.8. The molecule has 3 rings (SSSR count). The molecule has 1 aromatic heterocycles. The number of anilines is 3. The normalized spacial score (nSPS) is 27.3. The molecule has 1 saturated heterocycles. The van der Waals surface area contributed by atoms with E-state index >= 15 is 0 Å². The fraction of sp³-hybridized carbons (Fsp3) is 0.667. The van der Waals surface area contributed by atoms with Crippen LogP contribution in [0, 0.1) is 0 Å². The summed E-state index contributed by atoms with van der Waals surface area (Å²) in [6.07, 6.45) is -4.98. The number of nitrogens with two attached hydrogens (primary N) is 1. The molecular weight excluding hydrogens is 557 g/mol. The number of aliphatic hydroxyl groups is 2. The molecule has 3 heterocycles. The Kier molecular flexibility index (Phi) is 8.61. The summed E-state index contributed by atoms with van der Waals surface area (Å²) in [5.41, 5.74) is 14.8. The van der Waals surface area contributed by atoms with E-state index in [2.05, 4.69) is 33.1 Å². The molecule has 0 radical (unpaired) electrons. The zero-order valence-electron chi connectivity index (χ0n) is 17.8. The SMILES string of the molecule is [N-]=[N+]=NCCN1CN([C@@H]2O[C@H](COP(=O)(O)OP(=O)(O)OP(=O)(O)O)[C@@H](O)[C@H]2O)c2ncnc(N)c21. The Morgan fingerprint density at radius 1 is 1.17 bits per heavy atom. The number of rotatable bonds is 11. The monoisotopic (exact) mass is 578 g/mol. The van der Waals surface area contributed by atoms with E-state index in [-0.39, 0.29) is 31.4 Å². The number of nitrogens with zero attached hydrogens (tertiary/aromatic N) is 7. The van der Waals surface area contributed by atoms with Crippen LogP contribution in [-0.2, 0) is 31.6 Å². The minimum Gasteiger partial charge on any atom is -0.387 e. The predicted molar refractivity (Wildman–Crippen MR) is 116 cm³/mol. The average molecular weight is 578 g/mol. The molecule has 2 unspecified atom stereocenters. The molecule has 0 amide bonds. The van der Waals surface area contributed by atoms with Gasteiger partial charge in [-0.2, -0.15) is 8.62 Å². The zero-order valence-corrected chi connectivity index (χ0v) is 20.5. The Bertz CT molecular complexity index is 1160. The molecule has 8 N–H and O–H groups in total. The van der Waals surface area contributed by atoms with Gasteiger partial charge < -0.3 is 50.1 Å². The third-order valence-corrected chi connectivity index (χ3v) is 8.54. The van der Waals surface area contributed by atoms with E-state index in [0.29, 0.717) is 5.69 Å². The Morgan fingerprint density at radius 3 is 2.50 bits per heavy atom. The molecule has 21 nitrogen and oxygen atoms in total. The molecule has 202 valence electrons. The van der Waals surface area contributed by atoms with Gasteiger partial charge in [0.1, 0.15) is 30.3 Å². The van der Waals surface area contributed by atoms with Crippen LogP contribution in [0.3, 0.4) is 0 Å². The van der Waals surface area contributed by atoms with Gasteiger partial charge in [-0.1, -0.05) is 5.11 Å². The predicted octanol–water partition coefficient (Wildman–Crippen LogP) is -1.26. The van der Waals surface area contributed by atoms with Crippen molar-refractivity contribution in [3.8, 4) is 0 Å². The first-order valence-electron chi connectivity index (χ1n) is 9.57. The van der Waals surface area contributed by atoms with Gasteiger partial charge in [0.05, 0.1) is 13.3 Å². The quantitative estimate of drug-likeness (QED) is 0.0697. The van der Waals surface area contributed by atoms with E-state index in [1.54, 1.807) is 4.90 Å². The van der Waals surface area contributed by atoms with Crippen molar-refractivity contribution >= 4 is 40.8 Å². The fourth-order valence-electron chi connectivity index (χ4n) is 3.41. The van der Waals surface area contributed by atoms with E-state index in [4.69, 9.17) is 25.8 Å².